The predicted molar refractivity (Wildman–Crippen MR) is 146 cm³/mol. The number of amides is 1. The lowest BCUT2D eigenvalue weighted by Gasteiger charge is -2.47. The van der Waals surface area contributed by atoms with Crippen molar-refractivity contribution in [2.45, 2.75) is 88.1 Å². The lowest BCUT2D eigenvalue weighted by Crippen LogP contribution is -2.61. The lowest BCUT2D eigenvalue weighted by atomic mass is 9.92. The minimum Gasteiger partial charge on any atom is -0.474 e. The molecular weight excluding hydrogens is 539 g/mol. The monoisotopic (exact) mass is 576 g/mol. The Morgan fingerprint density at radius 1 is 1.18 bits per heavy atom. The summed E-state index contributed by atoms with van der Waals surface area (Å²) in [5, 5.41) is 2.52. The average Bonchev–Trinajstić information content (AvgIpc) is 2.83. The summed E-state index contributed by atoms with van der Waals surface area (Å²) in [7, 11) is -3.53. The number of benzene rings is 1. The molecule has 2 aromatic rings. The Morgan fingerprint density at radius 3 is 2.48 bits per heavy atom. The van der Waals surface area contributed by atoms with Crippen molar-refractivity contribution in [2.75, 3.05) is 25.1 Å². The number of carbonyl (C=O) groups is 1. The fourth-order valence-electron chi connectivity index (χ4n) is 5.22. The highest BCUT2D eigenvalue weighted by atomic mass is 32.2. The minimum absolute atomic E-state index is 0.00756. The van der Waals surface area contributed by atoms with E-state index in [1.807, 2.05) is 20.8 Å². The van der Waals surface area contributed by atoms with Crippen LogP contribution in [0, 0.1) is 18.2 Å². The van der Waals surface area contributed by atoms with Gasteiger partial charge in [0, 0.05) is 12.8 Å². The Kier molecular flexibility index (Phi) is 7.93. The molecule has 3 aliphatic rings. The molecule has 1 N–H and O–H groups in total. The second kappa shape index (κ2) is 11.1. The molecule has 1 aromatic carbocycles. The predicted octanol–water partition coefficient (Wildman–Crippen LogP) is 4.79. The van der Waals surface area contributed by atoms with Gasteiger partial charge in [-0.15, -0.1) is 0 Å². The third-order valence-electron chi connectivity index (χ3n) is 7.65. The number of sulfone groups is 1. The number of piperidine rings is 1. The summed E-state index contributed by atoms with van der Waals surface area (Å²) in [6, 6.07) is 3.56. The van der Waals surface area contributed by atoms with Crippen molar-refractivity contribution in [3.63, 3.8) is 0 Å². The van der Waals surface area contributed by atoms with Gasteiger partial charge in [-0.2, -0.15) is 0 Å². The van der Waals surface area contributed by atoms with E-state index in [1.54, 1.807) is 11.8 Å². The molecule has 1 aromatic heterocycles. The van der Waals surface area contributed by atoms with Crippen LogP contribution in [0.2, 0.25) is 0 Å². The molecule has 0 spiro atoms. The van der Waals surface area contributed by atoms with E-state index in [-0.39, 0.29) is 40.3 Å². The highest BCUT2D eigenvalue weighted by Crippen LogP contribution is 2.35. The fourth-order valence-corrected chi connectivity index (χ4v) is 7.09. The number of morpholine rings is 1. The number of halogens is 1. The number of anilines is 2. The normalized spacial score (nSPS) is 23.3. The molecule has 1 saturated carbocycles. The van der Waals surface area contributed by atoms with Gasteiger partial charge in [0.15, 0.2) is 9.84 Å². The van der Waals surface area contributed by atoms with Crippen molar-refractivity contribution in [3.8, 4) is 5.88 Å². The molecule has 3 fully saturated rings. The van der Waals surface area contributed by atoms with Crippen LogP contribution in [0.15, 0.2) is 29.4 Å². The van der Waals surface area contributed by atoms with Crippen molar-refractivity contribution in [1.29, 1.82) is 0 Å². The summed E-state index contributed by atoms with van der Waals surface area (Å²) >= 11 is 0. The van der Waals surface area contributed by atoms with Crippen LogP contribution in [0.5, 0.6) is 5.88 Å². The molecule has 218 valence electrons. The molecule has 1 aliphatic carbocycles. The zero-order chi connectivity index (χ0) is 28.7. The third-order valence-corrected chi connectivity index (χ3v) is 9.91. The molecule has 2 bridgehead atoms. The zero-order valence-corrected chi connectivity index (χ0v) is 24.2. The van der Waals surface area contributed by atoms with E-state index < -0.39 is 20.9 Å². The summed E-state index contributed by atoms with van der Waals surface area (Å²) < 4.78 is 57.9. The molecule has 10 nitrogen and oxygen atoms in total. The third kappa shape index (κ3) is 6.02. The van der Waals surface area contributed by atoms with Gasteiger partial charge in [0.05, 0.1) is 53.3 Å². The number of ether oxygens (including phenoxy) is 3. The second-order valence-electron chi connectivity index (χ2n) is 12.1. The summed E-state index contributed by atoms with van der Waals surface area (Å²) in [5.74, 6) is 0.0273. The van der Waals surface area contributed by atoms with Crippen molar-refractivity contribution in [1.82, 2.24) is 14.9 Å². The van der Waals surface area contributed by atoms with Gasteiger partial charge in [-0.25, -0.2) is 27.6 Å². The van der Waals surface area contributed by atoms with E-state index in [4.69, 9.17) is 14.2 Å². The Hall–Kier alpha value is -2.99. The van der Waals surface area contributed by atoms with E-state index in [2.05, 4.69) is 15.3 Å². The van der Waals surface area contributed by atoms with Gasteiger partial charge in [-0.3, -0.25) is 4.90 Å². The van der Waals surface area contributed by atoms with Crippen molar-refractivity contribution in [3.05, 3.63) is 35.9 Å². The maximum atomic E-state index is 15.0. The molecular formula is C28H37FN4O6S. The largest absolute Gasteiger partial charge is 0.474 e. The van der Waals surface area contributed by atoms with Crippen molar-refractivity contribution in [2.24, 2.45) is 5.41 Å². The van der Waals surface area contributed by atoms with Crippen LogP contribution in [0.4, 0.5) is 20.7 Å². The zero-order valence-electron chi connectivity index (χ0n) is 23.4. The summed E-state index contributed by atoms with van der Waals surface area (Å²) in [6.07, 6.45) is 4.01. The highest BCUT2D eigenvalue weighted by molar-refractivity contribution is 7.92. The van der Waals surface area contributed by atoms with E-state index in [1.165, 1.54) is 18.5 Å². The first-order valence-corrected chi connectivity index (χ1v) is 15.3. The number of hydrogen-bond donors (Lipinski definition) is 1. The Labute approximate surface area is 234 Å². The topological polar surface area (TPSA) is 120 Å². The Morgan fingerprint density at radius 2 is 1.88 bits per heavy atom. The number of nitrogens with one attached hydrogen (secondary N) is 1. The first-order chi connectivity index (χ1) is 18.9. The van der Waals surface area contributed by atoms with Gasteiger partial charge in [-0.1, -0.05) is 27.2 Å². The van der Waals surface area contributed by atoms with Crippen LogP contribution >= 0.6 is 0 Å². The molecule has 2 atom stereocenters. The van der Waals surface area contributed by atoms with Crippen molar-refractivity contribution >= 4 is 27.4 Å². The molecule has 1 amide bonds. The van der Waals surface area contributed by atoms with Gasteiger partial charge < -0.3 is 19.5 Å². The maximum absolute atomic E-state index is 15.0. The van der Waals surface area contributed by atoms with Crippen LogP contribution in [-0.2, 0) is 19.3 Å². The standard InChI is InChI=1S/C28H37FN4O6S/c1-17-25(32-24-9-8-22(12-23(24)29)40(35,36)21-6-5-7-21)30-16-31-26(17)39-20-10-18-13-37-14-19(11-20)33(18)27(34)38-15-28(2,3)4/h8-9,12,16,18-21H,5-7,10-11,13-15H2,1-4H3,(H,30,31,32). The lowest BCUT2D eigenvalue weighted by molar-refractivity contribution is -0.0928. The van der Waals surface area contributed by atoms with E-state index >= 15 is 0 Å². The van der Waals surface area contributed by atoms with Crippen molar-refractivity contribution < 1.29 is 31.8 Å². The number of rotatable bonds is 7. The Bertz CT molecular complexity index is 1350. The van der Waals surface area contributed by atoms with Gasteiger partial charge in [0.1, 0.15) is 24.1 Å². The van der Waals surface area contributed by atoms with Crippen LogP contribution in [0.25, 0.3) is 0 Å². The molecule has 2 aliphatic heterocycles. The molecule has 3 heterocycles. The average molecular weight is 577 g/mol. The minimum atomic E-state index is -3.53. The SMILES string of the molecule is Cc1c(Nc2ccc(S(=O)(=O)C3CCC3)cc2F)ncnc1OC1CC2COCC(C1)N2C(=O)OCC(C)(C)C. The van der Waals surface area contributed by atoms with Gasteiger partial charge >= 0.3 is 6.09 Å². The fraction of sp³-hybridized carbons (Fsp3) is 0.607. The van der Waals surface area contributed by atoms with Crippen LogP contribution < -0.4 is 10.1 Å². The quantitative estimate of drug-likeness (QED) is 0.496. The number of hydrogen-bond acceptors (Lipinski definition) is 9. The van der Waals surface area contributed by atoms with Crippen LogP contribution in [0.3, 0.4) is 0 Å². The first kappa shape index (κ1) is 28.5. The molecule has 0 radical (unpaired) electrons. The maximum Gasteiger partial charge on any atom is 0.410 e. The molecule has 5 rings (SSSR count). The molecule has 12 heteroatoms. The van der Waals surface area contributed by atoms with E-state index in [9.17, 15) is 17.6 Å². The molecule has 2 saturated heterocycles. The Balaban J connectivity index is 1.26. The van der Waals surface area contributed by atoms with E-state index in [0.717, 1.165) is 12.5 Å². The molecule has 40 heavy (non-hydrogen) atoms. The van der Waals surface area contributed by atoms with E-state index in [0.29, 0.717) is 62.8 Å². The number of nitrogens with zero attached hydrogens (tertiary/aromatic N) is 3. The number of aromatic nitrogens is 2. The van der Waals surface area contributed by atoms with Gasteiger partial charge in [-0.05, 0) is 43.4 Å². The summed E-state index contributed by atoms with van der Waals surface area (Å²) in [6.45, 7) is 8.96. The van der Waals surface area contributed by atoms with Gasteiger partial charge in [0.2, 0.25) is 5.88 Å². The van der Waals surface area contributed by atoms with Crippen LogP contribution in [0.1, 0.15) is 58.4 Å². The molecule has 2 unspecified atom stereocenters. The number of fused-ring (bicyclic) bond motifs is 2. The second-order valence-corrected chi connectivity index (χ2v) is 14.3. The smallest absolute Gasteiger partial charge is 0.410 e. The van der Waals surface area contributed by atoms with Crippen LogP contribution in [-0.4, -0.2) is 72.6 Å². The van der Waals surface area contributed by atoms with Gasteiger partial charge in [0.25, 0.3) is 0 Å². The highest BCUT2D eigenvalue weighted by Gasteiger charge is 2.44. The summed E-state index contributed by atoms with van der Waals surface area (Å²) in [5.41, 5.74) is 0.563. The summed E-state index contributed by atoms with van der Waals surface area (Å²) in [4.78, 5) is 23.2. The first-order valence-electron chi connectivity index (χ1n) is 13.7. The number of carbonyl (C=O) groups excluding carboxylic acids is 1.